The van der Waals surface area contributed by atoms with Gasteiger partial charge in [-0.2, -0.15) is 8.78 Å². The summed E-state index contributed by atoms with van der Waals surface area (Å²) in [7, 11) is 0. The lowest BCUT2D eigenvalue weighted by atomic mass is 10.1. The van der Waals surface area contributed by atoms with Crippen LogP contribution in [0.1, 0.15) is 31.4 Å². The summed E-state index contributed by atoms with van der Waals surface area (Å²) in [6.07, 6.45) is 1.88. The number of halogens is 2. The first-order chi connectivity index (χ1) is 10.0. The van der Waals surface area contributed by atoms with Gasteiger partial charge in [0.05, 0.1) is 6.61 Å². The zero-order valence-electron chi connectivity index (χ0n) is 11.5. The molecular weight excluding hydrogens is 284 g/mol. The summed E-state index contributed by atoms with van der Waals surface area (Å²) >= 11 is 0. The molecule has 21 heavy (non-hydrogen) atoms. The summed E-state index contributed by atoms with van der Waals surface area (Å²) in [6.45, 7) is -0.998. The average molecular weight is 301 g/mol. The summed E-state index contributed by atoms with van der Waals surface area (Å²) in [6, 6.07) is 3.48. The summed E-state index contributed by atoms with van der Waals surface area (Å²) in [5.41, 5.74) is 0.444. The van der Waals surface area contributed by atoms with E-state index in [0.29, 0.717) is 5.56 Å². The number of hydrogen-bond donors (Lipinski definition) is 2. The van der Waals surface area contributed by atoms with E-state index in [0.717, 1.165) is 12.8 Å². The predicted octanol–water partition coefficient (Wildman–Crippen LogP) is 2.56. The number of ether oxygens (including phenoxy) is 2. The molecule has 5 nitrogen and oxygen atoms in total. The van der Waals surface area contributed by atoms with E-state index in [9.17, 15) is 18.7 Å². The van der Waals surface area contributed by atoms with Gasteiger partial charge in [0.25, 0.3) is 0 Å². The molecule has 2 N–H and O–H groups in total. The zero-order chi connectivity index (χ0) is 15.4. The molecule has 0 aliphatic heterocycles. The van der Waals surface area contributed by atoms with Gasteiger partial charge in [-0.3, -0.25) is 10.1 Å². The van der Waals surface area contributed by atoms with E-state index >= 15 is 0 Å². The molecule has 1 fully saturated rings. The fourth-order valence-corrected chi connectivity index (χ4v) is 1.96. The standard InChI is InChI=1S/C14H17F2NO4/c1-2-20-11-7-8(3-6-10(11)21-14(15)16)12(13(18)19)17-9-4-5-9/h3,6-7,9,12,14,17H,2,4-5H2,1H3,(H,18,19). The lowest BCUT2D eigenvalue weighted by Gasteiger charge is -2.17. The van der Waals surface area contributed by atoms with Crippen LogP contribution in [0.4, 0.5) is 8.78 Å². The summed E-state index contributed by atoms with van der Waals surface area (Å²) in [5.74, 6) is -1.02. The van der Waals surface area contributed by atoms with E-state index in [1.807, 2.05) is 0 Å². The second-order valence-corrected chi connectivity index (χ2v) is 4.73. The van der Waals surface area contributed by atoms with Crippen LogP contribution in [0.25, 0.3) is 0 Å². The molecular formula is C14H17F2NO4. The van der Waals surface area contributed by atoms with E-state index in [-0.39, 0.29) is 24.1 Å². The van der Waals surface area contributed by atoms with E-state index in [1.54, 1.807) is 6.92 Å². The van der Waals surface area contributed by atoms with Crippen LogP contribution in [0, 0.1) is 0 Å². The Morgan fingerprint density at radius 1 is 1.43 bits per heavy atom. The lowest BCUT2D eigenvalue weighted by Crippen LogP contribution is -2.30. The lowest BCUT2D eigenvalue weighted by molar-refractivity contribution is -0.139. The van der Waals surface area contributed by atoms with Gasteiger partial charge < -0.3 is 14.6 Å². The third-order valence-electron chi connectivity index (χ3n) is 3.04. The minimum atomic E-state index is -2.96. The highest BCUT2D eigenvalue weighted by Gasteiger charge is 2.30. The Morgan fingerprint density at radius 2 is 2.14 bits per heavy atom. The molecule has 1 unspecified atom stereocenters. The second-order valence-electron chi connectivity index (χ2n) is 4.73. The molecule has 1 aromatic carbocycles. The fraction of sp³-hybridized carbons (Fsp3) is 0.500. The van der Waals surface area contributed by atoms with Gasteiger partial charge in [-0.1, -0.05) is 6.07 Å². The van der Waals surface area contributed by atoms with Crippen LogP contribution < -0.4 is 14.8 Å². The molecule has 7 heteroatoms. The maximum atomic E-state index is 12.3. The molecule has 0 radical (unpaired) electrons. The molecule has 0 aromatic heterocycles. The van der Waals surface area contributed by atoms with Crippen LogP contribution in [0.15, 0.2) is 18.2 Å². The minimum Gasteiger partial charge on any atom is -0.490 e. The van der Waals surface area contributed by atoms with Crippen molar-refractivity contribution in [2.45, 2.75) is 38.5 Å². The van der Waals surface area contributed by atoms with Crippen LogP contribution in [-0.2, 0) is 4.79 Å². The minimum absolute atomic E-state index is 0.105. The predicted molar refractivity (Wildman–Crippen MR) is 70.8 cm³/mol. The maximum Gasteiger partial charge on any atom is 0.387 e. The zero-order valence-corrected chi connectivity index (χ0v) is 11.5. The van der Waals surface area contributed by atoms with Gasteiger partial charge in [0.15, 0.2) is 11.5 Å². The molecule has 1 aliphatic carbocycles. The van der Waals surface area contributed by atoms with Crippen molar-refractivity contribution in [1.29, 1.82) is 0 Å². The van der Waals surface area contributed by atoms with Crippen molar-refractivity contribution in [2.75, 3.05) is 6.61 Å². The molecule has 116 valence electrons. The first-order valence-electron chi connectivity index (χ1n) is 6.71. The van der Waals surface area contributed by atoms with Gasteiger partial charge in [-0.25, -0.2) is 0 Å². The fourth-order valence-electron chi connectivity index (χ4n) is 1.96. The smallest absolute Gasteiger partial charge is 0.387 e. The van der Waals surface area contributed by atoms with Gasteiger partial charge in [0.2, 0.25) is 0 Å². The third-order valence-corrected chi connectivity index (χ3v) is 3.04. The van der Waals surface area contributed by atoms with Crippen molar-refractivity contribution in [2.24, 2.45) is 0 Å². The number of aliphatic carboxylic acids is 1. The Morgan fingerprint density at radius 3 is 2.67 bits per heavy atom. The van der Waals surface area contributed by atoms with E-state index < -0.39 is 18.6 Å². The Balaban J connectivity index is 2.25. The number of nitrogens with one attached hydrogen (secondary N) is 1. The number of rotatable bonds is 8. The number of carboxylic acids is 1. The van der Waals surface area contributed by atoms with E-state index in [1.165, 1.54) is 18.2 Å². The van der Waals surface area contributed by atoms with Crippen LogP contribution >= 0.6 is 0 Å². The Kier molecular flexibility index (Phi) is 4.95. The van der Waals surface area contributed by atoms with Crippen molar-refractivity contribution >= 4 is 5.97 Å². The summed E-state index contributed by atoms with van der Waals surface area (Å²) in [4.78, 5) is 11.3. The Hall–Kier alpha value is -1.89. The number of carboxylic acid groups (broad SMARTS) is 1. The highest BCUT2D eigenvalue weighted by molar-refractivity contribution is 5.76. The molecule has 0 saturated heterocycles. The molecule has 1 aliphatic rings. The molecule has 2 rings (SSSR count). The van der Waals surface area contributed by atoms with Gasteiger partial charge in [0, 0.05) is 6.04 Å². The van der Waals surface area contributed by atoms with Gasteiger partial charge >= 0.3 is 12.6 Å². The summed E-state index contributed by atoms with van der Waals surface area (Å²) < 4.78 is 34.3. The molecule has 0 heterocycles. The van der Waals surface area contributed by atoms with Crippen LogP contribution in [-0.4, -0.2) is 30.3 Å². The monoisotopic (exact) mass is 301 g/mol. The maximum absolute atomic E-state index is 12.3. The van der Waals surface area contributed by atoms with Crippen LogP contribution in [0.5, 0.6) is 11.5 Å². The highest BCUT2D eigenvalue weighted by Crippen LogP contribution is 2.33. The molecule has 1 aromatic rings. The first kappa shape index (κ1) is 15.5. The SMILES string of the molecule is CCOc1cc(C(NC2CC2)C(=O)O)ccc1OC(F)F. The number of benzene rings is 1. The van der Waals surface area contributed by atoms with Crippen molar-refractivity contribution in [1.82, 2.24) is 5.32 Å². The normalized spacial score (nSPS) is 15.8. The molecule has 0 spiro atoms. The van der Waals surface area contributed by atoms with Crippen LogP contribution in [0.3, 0.4) is 0 Å². The van der Waals surface area contributed by atoms with E-state index in [4.69, 9.17) is 4.74 Å². The van der Waals surface area contributed by atoms with Gasteiger partial charge in [0.1, 0.15) is 6.04 Å². The van der Waals surface area contributed by atoms with Gasteiger partial charge in [-0.15, -0.1) is 0 Å². The Labute approximate surface area is 120 Å². The van der Waals surface area contributed by atoms with Crippen molar-refractivity contribution in [3.05, 3.63) is 23.8 Å². The number of alkyl halides is 2. The second kappa shape index (κ2) is 6.71. The van der Waals surface area contributed by atoms with Crippen molar-refractivity contribution in [3.63, 3.8) is 0 Å². The van der Waals surface area contributed by atoms with Gasteiger partial charge in [-0.05, 0) is 37.5 Å². The number of carbonyl (C=O) groups is 1. The van der Waals surface area contributed by atoms with Crippen LogP contribution in [0.2, 0.25) is 0 Å². The first-order valence-corrected chi connectivity index (χ1v) is 6.71. The highest BCUT2D eigenvalue weighted by atomic mass is 19.3. The number of hydrogen-bond acceptors (Lipinski definition) is 4. The molecule has 1 atom stereocenters. The largest absolute Gasteiger partial charge is 0.490 e. The topological polar surface area (TPSA) is 67.8 Å². The van der Waals surface area contributed by atoms with Crippen molar-refractivity contribution < 1.29 is 28.2 Å². The third kappa shape index (κ3) is 4.29. The molecule has 0 amide bonds. The molecule has 0 bridgehead atoms. The van der Waals surface area contributed by atoms with Crippen molar-refractivity contribution in [3.8, 4) is 11.5 Å². The summed E-state index contributed by atoms with van der Waals surface area (Å²) in [5, 5.41) is 12.3. The van der Waals surface area contributed by atoms with E-state index in [2.05, 4.69) is 10.1 Å². The average Bonchev–Trinajstić information content (AvgIpc) is 3.21. The molecule has 1 saturated carbocycles. The quantitative estimate of drug-likeness (QED) is 0.772. The Bertz CT molecular complexity index is 506.